The summed E-state index contributed by atoms with van der Waals surface area (Å²) in [7, 11) is 1.58. The third-order valence-electron chi connectivity index (χ3n) is 3.77. The Morgan fingerprint density at radius 1 is 1.37 bits per heavy atom. The minimum Gasteiger partial charge on any atom is -0.481 e. The van der Waals surface area contributed by atoms with Crippen LogP contribution in [-0.2, 0) is 9.53 Å². The molecule has 2 amide bonds. The first-order valence-electron chi connectivity index (χ1n) is 6.81. The van der Waals surface area contributed by atoms with Gasteiger partial charge in [-0.15, -0.1) is 0 Å². The number of aliphatic carboxylic acids is 1. The number of carbonyl (C=O) groups is 2. The molecule has 0 saturated carbocycles. The van der Waals surface area contributed by atoms with E-state index in [0.717, 1.165) is 6.42 Å². The fraction of sp³-hybridized carbons (Fsp3) is 0.846. The first-order chi connectivity index (χ1) is 9.05. The predicted octanol–water partition coefficient (Wildman–Crippen LogP) is 1.31. The number of carbonyl (C=O) groups excluding carboxylic acids is 1. The van der Waals surface area contributed by atoms with Crippen LogP contribution < -0.4 is 5.32 Å². The standard InChI is InChI=1S/C13H24N2O4/c1-3-4-13(11(16)17)5-8-15(9-6-13)12(18)14-7-10-19-2/h3-10H2,1-2H3,(H,14,18)(H,16,17). The second-order valence-corrected chi connectivity index (χ2v) is 5.05. The molecule has 0 bridgehead atoms. The molecule has 6 nitrogen and oxygen atoms in total. The maximum Gasteiger partial charge on any atom is 0.317 e. The van der Waals surface area contributed by atoms with Gasteiger partial charge in [-0.3, -0.25) is 4.79 Å². The van der Waals surface area contributed by atoms with Gasteiger partial charge >= 0.3 is 12.0 Å². The Bertz CT molecular complexity index is 312. The summed E-state index contributed by atoms with van der Waals surface area (Å²) in [5.74, 6) is -0.728. The maximum atomic E-state index is 11.8. The summed E-state index contributed by atoms with van der Waals surface area (Å²) >= 11 is 0. The molecule has 110 valence electrons. The van der Waals surface area contributed by atoms with Crippen molar-refractivity contribution in [3.63, 3.8) is 0 Å². The number of ether oxygens (including phenoxy) is 1. The molecule has 0 aromatic carbocycles. The van der Waals surface area contributed by atoms with Crippen molar-refractivity contribution in [1.29, 1.82) is 0 Å². The van der Waals surface area contributed by atoms with Crippen LogP contribution >= 0.6 is 0 Å². The number of hydrogen-bond acceptors (Lipinski definition) is 3. The van der Waals surface area contributed by atoms with Crippen molar-refractivity contribution in [1.82, 2.24) is 10.2 Å². The number of methoxy groups -OCH3 is 1. The lowest BCUT2D eigenvalue weighted by atomic mass is 9.75. The molecule has 0 atom stereocenters. The highest BCUT2D eigenvalue weighted by Crippen LogP contribution is 2.36. The zero-order valence-electron chi connectivity index (χ0n) is 11.8. The monoisotopic (exact) mass is 272 g/mol. The topological polar surface area (TPSA) is 78.9 Å². The molecule has 19 heavy (non-hydrogen) atoms. The number of likely N-dealkylation sites (tertiary alicyclic amines) is 1. The molecule has 0 spiro atoms. The third-order valence-corrected chi connectivity index (χ3v) is 3.77. The number of amides is 2. The van der Waals surface area contributed by atoms with Crippen molar-refractivity contribution in [3.8, 4) is 0 Å². The first-order valence-corrected chi connectivity index (χ1v) is 6.81. The highest BCUT2D eigenvalue weighted by atomic mass is 16.5. The van der Waals surface area contributed by atoms with E-state index in [1.54, 1.807) is 12.0 Å². The highest BCUT2D eigenvalue weighted by molar-refractivity contribution is 5.77. The van der Waals surface area contributed by atoms with E-state index >= 15 is 0 Å². The smallest absolute Gasteiger partial charge is 0.317 e. The van der Waals surface area contributed by atoms with Gasteiger partial charge in [0, 0.05) is 26.7 Å². The average Bonchev–Trinajstić information content (AvgIpc) is 2.40. The Kier molecular flexibility index (Phi) is 6.08. The van der Waals surface area contributed by atoms with Crippen molar-refractivity contribution in [2.45, 2.75) is 32.6 Å². The van der Waals surface area contributed by atoms with Gasteiger partial charge in [0.15, 0.2) is 0 Å². The van der Waals surface area contributed by atoms with Gasteiger partial charge in [-0.2, -0.15) is 0 Å². The van der Waals surface area contributed by atoms with Gasteiger partial charge < -0.3 is 20.1 Å². The molecule has 1 heterocycles. The Hall–Kier alpha value is -1.30. The summed E-state index contributed by atoms with van der Waals surface area (Å²) < 4.78 is 4.87. The summed E-state index contributed by atoms with van der Waals surface area (Å²) in [5.41, 5.74) is -0.641. The molecular formula is C13H24N2O4. The van der Waals surface area contributed by atoms with Crippen LogP contribution in [0.4, 0.5) is 4.79 Å². The number of nitrogens with zero attached hydrogens (tertiary/aromatic N) is 1. The van der Waals surface area contributed by atoms with Crippen LogP contribution in [0.1, 0.15) is 32.6 Å². The quantitative estimate of drug-likeness (QED) is 0.715. The van der Waals surface area contributed by atoms with Crippen LogP contribution in [0.2, 0.25) is 0 Å². The Morgan fingerprint density at radius 2 is 2.00 bits per heavy atom. The number of piperidine rings is 1. The van der Waals surface area contributed by atoms with Gasteiger partial charge in [0.05, 0.1) is 12.0 Å². The summed E-state index contributed by atoms with van der Waals surface area (Å²) in [5, 5.41) is 12.1. The largest absolute Gasteiger partial charge is 0.481 e. The Morgan fingerprint density at radius 3 is 2.47 bits per heavy atom. The number of nitrogens with one attached hydrogen (secondary N) is 1. The SMILES string of the molecule is CCCC1(C(=O)O)CCN(C(=O)NCCOC)CC1. The van der Waals surface area contributed by atoms with Gasteiger partial charge in [-0.25, -0.2) is 4.79 Å². The number of urea groups is 1. The molecule has 0 radical (unpaired) electrons. The zero-order valence-corrected chi connectivity index (χ0v) is 11.8. The van der Waals surface area contributed by atoms with Crippen molar-refractivity contribution >= 4 is 12.0 Å². The second-order valence-electron chi connectivity index (χ2n) is 5.05. The molecule has 1 aliphatic rings. The molecule has 6 heteroatoms. The third kappa shape index (κ3) is 4.09. The van der Waals surface area contributed by atoms with E-state index in [9.17, 15) is 14.7 Å². The van der Waals surface area contributed by atoms with Gasteiger partial charge in [-0.05, 0) is 19.3 Å². The minimum absolute atomic E-state index is 0.132. The van der Waals surface area contributed by atoms with E-state index in [4.69, 9.17) is 4.74 Å². The lowest BCUT2D eigenvalue weighted by molar-refractivity contribution is -0.152. The predicted molar refractivity (Wildman–Crippen MR) is 71.1 cm³/mol. The van der Waals surface area contributed by atoms with Gasteiger partial charge in [0.25, 0.3) is 0 Å². The lowest BCUT2D eigenvalue weighted by Crippen LogP contribution is -2.50. The van der Waals surface area contributed by atoms with Crippen LogP contribution in [0, 0.1) is 5.41 Å². The molecule has 1 rings (SSSR count). The molecule has 0 aromatic rings. The molecule has 2 N–H and O–H groups in total. The van der Waals surface area contributed by atoms with Crippen molar-refractivity contribution in [2.75, 3.05) is 33.4 Å². The van der Waals surface area contributed by atoms with E-state index in [1.807, 2.05) is 6.92 Å². The van der Waals surface area contributed by atoms with Crippen LogP contribution in [0.5, 0.6) is 0 Å². The van der Waals surface area contributed by atoms with Gasteiger partial charge in [0.2, 0.25) is 0 Å². The molecule has 0 aliphatic carbocycles. The summed E-state index contributed by atoms with van der Waals surface area (Å²) in [6.07, 6.45) is 2.61. The summed E-state index contributed by atoms with van der Waals surface area (Å²) in [6, 6.07) is -0.132. The van der Waals surface area contributed by atoms with Gasteiger partial charge in [0.1, 0.15) is 0 Å². The van der Waals surface area contributed by atoms with Crippen LogP contribution in [-0.4, -0.2) is 55.4 Å². The van der Waals surface area contributed by atoms with E-state index in [2.05, 4.69) is 5.32 Å². The first kappa shape index (κ1) is 15.8. The molecular weight excluding hydrogens is 248 g/mol. The molecule has 0 unspecified atom stereocenters. The van der Waals surface area contributed by atoms with Crippen LogP contribution in [0.3, 0.4) is 0 Å². The number of hydrogen-bond donors (Lipinski definition) is 2. The minimum atomic E-state index is -0.728. The summed E-state index contributed by atoms with van der Waals surface area (Å²) in [6.45, 7) is 3.96. The fourth-order valence-corrected chi connectivity index (χ4v) is 2.56. The molecule has 1 saturated heterocycles. The van der Waals surface area contributed by atoms with Crippen molar-refractivity contribution in [2.24, 2.45) is 5.41 Å². The average molecular weight is 272 g/mol. The molecule has 1 aliphatic heterocycles. The molecule has 1 fully saturated rings. The number of carboxylic acids is 1. The fourth-order valence-electron chi connectivity index (χ4n) is 2.56. The van der Waals surface area contributed by atoms with E-state index in [1.165, 1.54) is 0 Å². The van der Waals surface area contributed by atoms with Gasteiger partial charge in [-0.1, -0.05) is 13.3 Å². The number of carboxylic acid groups (broad SMARTS) is 1. The Labute approximate surface area is 114 Å². The maximum absolute atomic E-state index is 11.8. The van der Waals surface area contributed by atoms with Crippen molar-refractivity contribution < 1.29 is 19.4 Å². The zero-order chi connectivity index (χ0) is 14.3. The highest BCUT2D eigenvalue weighted by Gasteiger charge is 2.41. The molecule has 0 aromatic heterocycles. The van der Waals surface area contributed by atoms with E-state index in [-0.39, 0.29) is 6.03 Å². The second kappa shape index (κ2) is 7.33. The Balaban J connectivity index is 2.46. The van der Waals surface area contributed by atoms with Crippen LogP contribution in [0.15, 0.2) is 0 Å². The number of rotatable bonds is 6. The van der Waals surface area contributed by atoms with Crippen LogP contribution in [0.25, 0.3) is 0 Å². The van der Waals surface area contributed by atoms with Crippen molar-refractivity contribution in [3.05, 3.63) is 0 Å². The lowest BCUT2D eigenvalue weighted by Gasteiger charge is -2.38. The van der Waals surface area contributed by atoms with E-state index < -0.39 is 11.4 Å². The summed E-state index contributed by atoms with van der Waals surface area (Å²) in [4.78, 5) is 24.9. The normalized spacial score (nSPS) is 18.1. The van der Waals surface area contributed by atoms with E-state index in [0.29, 0.717) is 45.5 Å².